The summed E-state index contributed by atoms with van der Waals surface area (Å²) in [5, 5.41) is 0. The van der Waals surface area contributed by atoms with Crippen LogP contribution in [0.25, 0.3) is 0 Å². The number of esters is 1. The predicted octanol–water partition coefficient (Wildman–Crippen LogP) is 1.07. The summed E-state index contributed by atoms with van der Waals surface area (Å²) in [4.78, 5) is 16.5. The Morgan fingerprint density at radius 2 is 1.71 bits per heavy atom. The van der Waals surface area contributed by atoms with Crippen LogP contribution >= 0.6 is 0 Å². The molecule has 1 saturated heterocycles. The van der Waals surface area contributed by atoms with E-state index in [9.17, 15) is 4.79 Å². The van der Waals surface area contributed by atoms with E-state index in [-0.39, 0.29) is 11.9 Å². The van der Waals surface area contributed by atoms with Crippen LogP contribution in [0.5, 0.6) is 0 Å². The average molecular weight is 242 g/mol. The average Bonchev–Trinajstić information content (AvgIpc) is 2.35. The summed E-state index contributed by atoms with van der Waals surface area (Å²) in [5.74, 6) is 0.276. The van der Waals surface area contributed by atoms with Crippen LogP contribution in [0.4, 0.5) is 0 Å². The van der Waals surface area contributed by atoms with Gasteiger partial charge in [-0.3, -0.25) is 9.69 Å². The lowest BCUT2D eigenvalue weighted by Crippen LogP contribution is -2.48. The lowest BCUT2D eigenvalue weighted by atomic mass is 9.95. The standard InChI is InChI=1S/C13H26N2O2/c1-5-14-6-8-15(9-7-14)10-12(11(2)3)13(16)17-4/h11-12H,5-10H2,1-4H3. The number of ether oxygens (including phenoxy) is 1. The maximum atomic E-state index is 11.7. The van der Waals surface area contributed by atoms with Crippen molar-refractivity contribution in [1.29, 1.82) is 0 Å². The first kappa shape index (κ1) is 14.5. The normalized spacial score (nSPS) is 20.5. The molecule has 0 aromatic rings. The first-order chi connectivity index (χ1) is 8.08. The van der Waals surface area contributed by atoms with Gasteiger partial charge in [0.2, 0.25) is 0 Å². The van der Waals surface area contributed by atoms with Crippen molar-refractivity contribution in [2.75, 3.05) is 46.4 Å². The molecule has 0 aliphatic carbocycles. The highest BCUT2D eigenvalue weighted by molar-refractivity contribution is 5.72. The van der Waals surface area contributed by atoms with Crippen LogP contribution in [0, 0.1) is 11.8 Å². The first-order valence-corrected chi connectivity index (χ1v) is 6.61. The fraction of sp³-hybridized carbons (Fsp3) is 0.923. The minimum absolute atomic E-state index is 0.00757. The van der Waals surface area contributed by atoms with E-state index in [0.717, 1.165) is 39.3 Å². The summed E-state index contributed by atoms with van der Waals surface area (Å²) in [5.41, 5.74) is 0. The molecular formula is C13H26N2O2. The van der Waals surface area contributed by atoms with Gasteiger partial charge in [-0.15, -0.1) is 0 Å². The van der Waals surface area contributed by atoms with Gasteiger partial charge in [0.25, 0.3) is 0 Å². The summed E-state index contributed by atoms with van der Waals surface area (Å²) >= 11 is 0. The Kier molecular flexibility index (Phi) is 5.92. The number of hydrogen-bond acceptors (Lipinski definition) is 4. The van der Waals surface area contributed by atoms with Crippen molar-refractivity contribution in [2.45, 2.75) is 20.8 Å². The number of methoxy groups -OCH3 is 1. The van der Waals surface area contributed by atoms with E-state index in [1.165, 1.54) is 7.11 Å². The number of rotatable bonds is 5. The van der Waals surface area contributed by atoms with Gasteiger partial charge in [0.1, 0.15) is 0 Å². The molecule has 0 amide bonds. The molecule has 1 aliphatic heterocycles. The summed E-state index contributed by atoms with van der Waals surface area (Å²) in [6, 6.07) is 0. The largest absolute Gasteiger partial charge is 0.469 e. The van der Waals surface area contributed by atoms with Gasteiger partial charge in [-0.2, -0.15) is 0 Å². The minimum atomic E-state index is -0.0714. The van der Waals surface area contributed by atoms with Gasteiger partial charge < -0.3 is 9.64 Å². The zero-order chi connectivity index (χ0) is 12.8. The van der Waals surface area contributed by atoms with Gasteiger partial charge in [-0.05, 0) is 12.5 Å². The molecule has 0 aromatic heterocycles. The van der Waals surface area contributed by atoms with E-state index < -0.39 is 0 Å². The van der Waals surface area contributed by atoms with E-state index in [1.54, 1.807) is 0 Å². The molecule has 100 valence electrons. The Hall–Kier alpha value is -0.610. The molecule has 17 heavy (non-hydrogen) atoms. The Morgan fingerprint density at radius 3 is 2.12 bits per heavy atom. The molecule has 1 unspecified atom stereocenters. The first-order valence-electron chi connectivity index (χ1n) is 6.61. The molecule has 0 radical (unpaired) electrons. The van der Waals surface area contributed by atoms with Crippen molar-refractivity contribution in [3.05, 3.63) is 0 Å². The predicted molar refractivity (Wildman–Crippen MR) is 68.9 cm³/mol. The molecule has 0 saturated carbocycles. The highest BCUT2D eigenvalue weighted by Crippen LogP contribution is 2.15. The molecule has 1 aliphatic rings. The Balaban J connectivity index is 2.43. The van der Waals surface area contributed by atoms with Crippen molar-refractivity contribution in [3.8, 4) is 0 Å². The molecule has 1 rings (SSSR count). The molecule has 1 atom stereocenters. The molecule has 0 N–H and O–H groups in total. The second kappa shape index (κ2) is 6.97. The lowest BCUT2D eigenvalue weighted by Gasteiger charge is -2.36. The maximum absolute atomic E-state index is 11.7. The smallest absolute Gasteiger partial charge is 0.310 e. The van der Waals surface area contributed by atoms with E-state index in [1.807, 2.05) is 0 Å². The lowest BCUT2D eigenvalue weighted by molar-refractivity contribution is -0.148. The number of likely N-dealkylation sites (N-methyl/N-ethyl adjacent to an activating group) is 1. The van der Waals surface area contributed by atoms with Crippen LogP contribution in [0.15, 0.2) is 0 Å². The highest BCUT2D eigenvalue weighted by atomic mass is 16.5. The third kappa shape index (κ3) is 4.28. The van der Waals surface area contributed by atoms with Crippen LogP contribution in [-0.2, 0) is 9.53 Å². The quantitative estimate of drug-likeness (QED) is 0.675. The number of carbonyl (C=O) groups is 1. The zero-order valence-electron chi connectivity index (χ0n) is 11.6. The van der Waals surface area contributed by atoms with Crippen molar-refractivity contribution < 1.29 is 9.53 Å². The van der Waals surface area contributed by atoms with Crippen LogP contribution in [-0.4, -0.2) is 62.1 Å². The highest BCUT2D eigenvalue weighted by Gasteiger charge is 2.27. The molecule has 1 fully saturated rings. The Morgan fingerprint density at radius 1 is 1.18 bits per heavy atom. The molecular weight excluding hydrogens is 216 g/mol. The number of carbonyl (C=O) groups excluding carboxylic acids is 1. The summed E-state index contributed by atoms with van der Waals surface area (Å²) in [7, 11) is 1.48. The summed E-state index contributed by atoms with van der Waals surface area (Å²) in [6.07, 6.45) is 0. The van der Waals surface area contributed by atoms with Gasteiger partial charge in [0.05, 0.1) is 13.0 Å². The van der Waals surface area contributed by atoms with Gasteiger partial charge in [-0.25, -0.2) is 0 Å². The van der Waals surface area contributed by atoms with E-state index in [2.05, 4.69) is 30.6 Å². The number of nitrogens with zero attached hydrogens (tertiary/aromatic N) is 2. The molecule has 4 heteroatoms. The van der Waals surface area contributed by atoms with Gasteiger partial charge >= 0.3 is 5.97 Å². The van der Waals surface area contributed by atoms with Crippen molar-refractivity contribution in [2.24, 2.45) is 11.8 Å². The second-order valence-electron chi connectivity index (χ2n) is 5.11. The van der Waals surface area contributed by atoms with Crippen molar-refractivity contribution >= 4 is 5.97 Å². The third-order valence-corrected chi connectivity index (χ3v) is 3.68. The molecule has 0 spiro atoms. The van der Waals surface area contributed by atoms with Crippen molar-refractivity contribution in [3.63, 3.8) is 0 Å². The van der Waals surface area contributed by atoms with E-state index in [0.29, 0.717) is 5.92 Å². The van der Waals surface area contributed by atoms with Crippen LogP contribution in [0.2, 0.25) is 0 Å². The van der Waals surface area contributed by atoms with E-state index >= 15 is 0 Å². The molecule has 0 aromatic carbocycles. The van der Waals surface area contributed by atoms with Crippen LogP contribution in [0.3, 0.4) is 0 Å². The van der Waals surface area contributed by atoms with Crippen molar-refractivity contribution in [1.82, 2.24) is 9.80 Å². The summed E-state index contributed by atoms with van der Waals surface area (Å²) < 4.78 is 4.88. The Bertz CT molecular complexity index is 236. The molecule has 0 bridgehead atoms. The maximum Gasteiger partial charge on any atom is 0.310 e. The van der Waals surface area contributed by atoms with Crippen LogP contribution < -0.4 is 0 Å². The fourth-order valence-electron chi connectivity index (χ4n) is 2.28. The van der Waals surface area contributed by atoms with Gasteiger partial charge in [0.15, 0.2) is 0 Å². The van der Waals surface area contributed by atoms with Gasteiger partial charge in [-0.1, -0.05) is 20.8 Å². The van der Waals surface area contributed by atoms with Crippen LogP contribution in [0.1, 0.15) is 20.8 Å². The number of hydrogen-bond donors (Lipinski definition) is 0. The number of piperazine rings is 1. The SMILES string of the molecule is CCN1CCN(CC(C(=O)OC)C(C)C)CC1. The third-order valence-electron chi connectivity index (χ3n) is 3.68. The van der Waals surface area contributed by atoms with Gasteiger partial charge in [0, 0.05) is 32.7 Å². The topological polar surface area (TPSA) is 32.8 Å². The molecule has 1 heterocycles. The fourth-order valence-corrected chi connectivity index (χ4v) is 2.28. The zero-order valence-corrected chi connectivity index (χ0v) is 11.6. The van der Waals surface area contributed by atoms with E-state index in [4.69, 9.17) is 4.74 Å². The Labute approximate surface area is 105 Å². The second-order valence-corrected chi connectivity index (χ2v) is 5.11. The molecule has 4 nitrogen and oxygen atoms in total. The monoisotopic (exact) mass is 242 g/mol. The summed E-state index contributed by atoms with van der Waals surface area (Å²) in [6.45, 7) is 12.7. The minimum Gasteiger partial charge on any atom is -0.469 e.